The molecule has 0 radical (unpaired) electrons. The van der Waals surface area contributed by atoms with Crippen LogP contribution in [0, 0.1) is 0 Å². The van der Waals surface area contributed by atoms with E-state index in [1.54, 1.807) is 0 Å². The molecular weight excluding hydrogens is 669 g/mol. The fraction of sp³-hybridized carbons (Fsp3) is 0. The largest absolute Gasteiger partial charge is 0.298 e. The van der Waals surface area contributed by atoms with Crippen molar-refractivity contribution in [2.24, 2.45) is 4.99 Å². The summed E-state index contributed by atoms with van der Waals surface area (Å²) in [6, 6.07) is 63.5. The maximum atomic E-state index is 5.54. The second-order valence-electron chi connectivity index (χ2n) is 13.6. The number of allylic oxidation sites excluding steroid dienone is 5. The Labute approximate surface area is 319 Å². The van der Waals surface area contributed by atoms with Crippen LogP contribution < -0.4 is 0 Å². The lowest BCUT2D eigenvalue weighted by Gasteiger charge is -2.19. The van der Waals surface area contributed by atoms with E-state index in [9.17, 15) is 0 Å². The molecule has 4 heterocycles. The van der Waals surface area contributed by atoms with Crippen LogP contribution in [0.1, 0.15) is 22.3 Å². The molecule has 0 atom stereocenters. The molecule has 0 N–H and O–H groups in total. The second-order valence-corrected chi connectivity index (χ2v) is 13.6. The van der Waals surface area contributed by atoms with Crippen molar-refractivity contribution in [3.63, 3.8) is 0 Å². The molecule has 0 bridgehead atoms. The number of benzene rings is 6. The number of aromatic nitrogens is 3. The van der Waals surface area contributed by atoms with Crippen LogP contribution in [0.15, 0.2) is 211 Å². The molecule has 10 rings (SSSR count). The maximum absolute atomic E-state index is 5.54. The lowest BCUT2D eigenvalue weighted by molar-refractivity contribution is 1.22. The van der Waals surface area contributed by atoms with Crippen molar-refractivity contribution in [2.75, 3.05) is 0 Å². The highest BCUT2D eigenvalue weighted by molar-refractivity contribution is 6.20. The number of hydrogen-bond donors (Lipinski definition) is 0. The monoisotopic (exact) mass is 702 g/mol. The molecule has 1 aliphatic rings. The number of nitrogens with zero attached hydrogens (tertiary/aromatic N) is 4. The van der Waals surface area contributed by atoms with Gasteiger partial charge in [0, 0.05) is 33.8 Å². The first-order chi connectivity index (χ1) is 27.3. The SMILES string of the molecule is C1=C/C(c2cccc(-c3cccc(-c4nc5ccccc5c5nc6ccccn6c45)c3)c2)=N\C(c2ccccc2)=C(c2ccccc2)/C(c2ccccc2)=C/1. The zero-order valence-electron chi connectivity index (χ0n) is 29.9. The van der Waals surface area contributed by atoms with E-state index in [2.05, 4.69) is 187 Å². The molecule has 3 aromatic heterocycles. The first kappa shape index (κ1) is 32.2. The highest BCUT2D eigenvalue weighted by atomic mass is 15.0. The smallest absolute Gasteiger partial charge is 0.137 e. The average molecular weight is 703 g/mol. The summed E-state index contributed by atoms with van der Waals surface area (Å²) in [6.07, 6.45) is 8.55. The molecule has 9 aromatic rings. The van der Waals surface area contributed by atoms with Gasteiger partial charge < -0.3 is 0 Å². The fourth-order valence-corrected chi connectivity index (χ4v) is 7.64. The molecule has 4 heteroatoms. The van der Waals surface area contributed by atoms with Crippen LogP contribution in [-0.4, -0.2) is 20.1 Å². The predicted octanol–water partition coefficient (Wildman–Crippen LogP) is 12.4. The third-order valence-corrected chi connectivity index (χ3v) is 10.2. The predicted molar refractivity (Wildman–Crippen MR) is 229 cm³/mol. The minimum atomic E-state index is 0.886. The van der Waals surface area contributed by atoms with E-state index in [1.165, 1.54) is 0 Å². The number of rotatable bonds is 6. The van der Waals surface area contributed by atoms with Gasteiger partial charge in [-0.15, -0.1) is 0 Å². The van der Waals surface area contributed by atoms with E-state index in [4.69, 9.17) is 15.0 Å². The normalized spacial score (nSPS) is 16.9. The number of hydrogen-bond acceptors (Lipinski definition) is 3. The Hall–Kier alpha value is -7.43. The van der Waals surface area contributed by atoms with Gasteiger partial charge in [0.05, 0.1) is 28.1 Å². The fourth-order valence-electron chi connectivity index (χ4n) is 7.64. The van der Waals surface area contributed by atoms with Gasteiger partial charge in [-0.1, -0.05) is 164 Å². The number of para-hydroxylation sites is 1. The molecule has 0 saturated heterocycles. The summed E-state index contributed by atoms with van der Waals surface area (Å²) in [6.45, 7) is 0. The van der Waals surface area contributed by atoms with Gasteiger partial charge in [-0.3, -0.25) is 4.40 Å². The summed E-state index contributed by atoms with van der Waals surface area (Å²) in [5.74, 6) is 0. The summed E-state index contributed by atoms with van der Waals surface area (Å²) >= 11 is 0. The summed E-state index contributed by atoms with van der Waals surface area (Å²) in [5, 5.41) is 1.05. The molecule has 1 aliphatic heterocycles. The highest BCUT2D eigenvalue weighted by Gasteiger charge is 2.20. The first-order valence-corrected chi connectivity index (χ1v) is 18.5. The molecule has 0 fully saturated rings. The molecule has 6 aromatic carbocycles. The Morgan fingerprint density at radius 2 is 1.05 bits per heavy atom. The standard InChI is InChI=1S/C51H34N4/c1-4-17-35(18-5-1)42-28-16-30-44(52-48(37-21-8-3-9-22-37)47(42)36-19-6-2-7-20-36)40-25-14-23-38(33-40)39-24-15-26-41(34-39)49-51-50(43-27-10-11-29-45(43)53-49)54-46-31-12-13-32-55(46)51/h1-34H/b28-16?,30-16+,42-28+,44-30?,47-42?,48-47-,52-44+,52-48?. The molecule has 0 unspecified atom stereocenters. The number of aliphatic imine (C=N–C) groups is 1. The van der Waals surface area contributed by atoms with Gasteiger partial charge >= 0.3 is 0 Å². The van der Waals surface area contributed by atoms with Crippen LogP contribution in [0.4, 0.5) is 0 Å². The number of imidazole rings is 1. The van der Waals surface area contributed by atoms with Crippen LogP contribution in [0.5, 0.6) is 0 Å². The summed E-state index contributed by atoms with van der Waals surface area (Å²) in [7, 11) is 0. The summed E-state index contributed by atoms with van der Waals surface area (Å²) in [5.41, 5.74) is 16.3. The van der Waals surface area contributed by atoms with Gasteiger partial charge in [0.15, 0.2) is 0 Å². The molecule has 0 amide bonds. The second kappa shape index (κ2) is 13.8. The highest BCUT2D eigenvalue weighted by Crippen LogP contribution is 2.40. The molecule has 0 saturated carbocycles. The van der Waals surface area contributed by atoms with E-state index in [1.807, 2.05) is 24.3 Å². The number of pyridine rings is 2. The minimum Gasteiger partial charge on any atom is -0.298 e. The Kier molecular flexibility index (Phi) is 8.12. The van der Waals surface area contributed by atoms with Gasteiger partial charge in [-0.05, 0) is 64.2 Å². The Morgan fingerprint density at radius 3 is 1.82 bits per heavy atom. The van der Waals surface area contributed by atoms with E-state index in [-0.39, 0.29) is 0 Å². The molecule has 258 valence electrons. The lowest BCUT2D eigenvalue weighted by atomic mass is 9.87. The Morgan fingerprint density at radius 1 is 0.455 bits per heavy atom. The van der Waals surface area contributed by atoms with Gasteiger partial charge in [0.2, 0.25) is 0 Å². The van der Waals surface area contributed by atoms with Crippen LogP contribution in [0.25, 0.3) is 66.8 Å². The van der Waals surface area contributed by atoms with E-state index >= 15 is 0 Å². The molecular formula is C51H34N4. The summed E-state index contributed by atoms with van der Waals surface area (Å²) in [4.78, 5) is 15.8. The molecule has 4 nitrogen and oxygen atoms in total. The lowest BCUT2D eigenvalue weighted by Crippen LogP contribution is -2.03. The quantitative estimate of drug-likeness (QED) is 0.173. The average Bonchev–Trinajstić information content (AvgIpc) is 3.65. The van der Waals surface area contributed by atoms with Crippen LogP contribution in [0.2, 0.25) is 0 Å². The van der Waals surface area contributed by atoms with Crippen molar-refractivity contribution in [3.8, 4) is 22.4 Å². The van der Waals surface area contributed by atoms with Crippen molar-refractivity contribution in [2.45, 2.75) is 0 Å². The van der Waals surface area contributed by atoms with Gasteiger partial charge in [0.1, 0.15) is 11.2 Å². The molecule has 0 spiro atoms. The minimum absolute atomic E-state index is 0.886. The van der Waals surface area contributed by atoms with E-state index in [0.29, 0.717) is 0 Å². The van der Waals surface area contributed by atoms with Crippen LogP contribution in [0.3, 0.4) is 0 Å². The zero-order valence-corrected chi connectivity index (χ0v) is 29.9. The third-order valence-electron chi connectivity index (χ3n) is 10.2. The van der Waals surface area contributed by atoms with Crippen LogP contribution >= 0.6 is 0 Å². The van der Waals surface area contributed by atoms with Gasteiger partial charge in [-0.2, -0.15) is 0 Å². The molecule has 0 aliphatic carbocycles. The van der Waals surface area contributed by atoms with E-state index in [0.717, 1.165) is 94.8 Å². The summed E-state index contributed by atoms with van der Waals surface area (Å²) < 4.78 is 2.15. The molecule has 55 heavy (non-hydrogen) atoms. The van der Waals surface area contributed by atoms with E-state index < -0.39 is 0 Å². The Balaban J connectivity index is 1.12. The van der Waals surface area contributed by atoms with Crippen LogP contribution in [-0.2, 0) is 0 Å². The van der Waals surface area contributed by atoms with Gasteiger partial charge in [0.25, 0.3) is 0 Å². The van der Waals surface area contributed by atoms with Crippen molar-refractivity contribution in [1.82, 2.24) is 14.4 Å². The zero-order chi connectivity index (χ0) is 36.6. The third kappa shape index (κ3) is 5.96. The van der Waals surface area contributed by atoms with Crippen molar-refractivity contribution >= 4 is 50.1 Å². The van der Waals surface area contributed by atoms with Gasteiger partial charge in [-0.25, -0.2) is 15.0 Å². The van der Waals surface area contributed by atoms with Crippen molar-refractivity contribution in [3.05, 3.63) is 229 Å². The maximum Gasteiger partial charge on any atom is 0.137 e. The van der Waals surface area contributed by atoms with Crippen molar-refractivity contribution < 1.29 is 0 Å². The Bertz CT molecular complexity index is 3010. The number of fused-ring (bicyclic) bond motifs is 5. The first-order valence-electron chi connectivity index (χ1n) is 18.5. The van der Waals surface area contributed by atoms with Crippen molar-refractivity contribution in [1.29, 1.82) is 0 Å². The topological polar surface area (TPSA) is 42.5 Å².